The van der Waals surface area contributed by atoms with E-state index in [1.165, 1.54) is 7.11 Å². The summed E-state index contributed by atoms with van der Waals surface area (Å²) in [6.45, 7) is 17.2. The van der Waals surface area contributed by atoms with Crippen LogP contribution < -0.4 is 0 Å². The van der Waals surface area contributed by atoms with Crippen LogP contribution in [0.3, 0.4) is 0 Å². The third-order valence-corrected chi connectivity index (χ3v) is 18.8. The predicted molar refractivity (Wildman–Crippen MR) is 223 cm³/mol. The molecule has 2 spiro atoms. The van der Waals surface area contributed by atoms with Crippen LogP contribution in [-0.4, -0.2) is 176 Å². The number of hydrogen-bond donors (Lipinski definition) is 9. The molecule has 0 aromatic heterocycles. The van der Waals surface area contributed by atoms with Crippen molar-refractivity contribution < 1.29 is 83.9 Å². The largest absolute Gasteiger partial charge is 0.394 e. The standard InChI is InChI=1S/C47H76O17/c1-21(2)14-23-15-44(8,55)35-24-10-11-27-42(6)13-12-25(22(3)34(42)41(4,5)17-43(27,7)45(24)18-47(35,64-23)59-19-45)61-40-33(62-39-32(53)31(52)38(57-9)63-39)36(54)46(56,20-58-40)37-30(51)29(50)28(49)26(16-48)60-37/h14,22-40,48-56H,10-13,15-20H2,1-9H3. The molecule has 5 heterocycles. The highest BCUT2D eigenvalue weighted by atomic mass is 16.8. The lowest BCUT2D eigenvalue weighted by atomic mass is 9.32. The maximum Gasteiger partial charge on any atom is 0.190 e. The van der Waals surface area contributed by atoms with Crippen LogP contribution in [0.15, 0.2) is 11.6 Å². The SMILES string of the molecule is COC1OC(OC2C(OC3CCC4(C)C(C3C)C(C)(C)CC3(C)C4CCC4C5C(C)(O)CC(C=C(C)C)OC56CC43CO6)OCC(O)(C3OC(CO)C(O)C(O)C3O)C2O)C(O)C1O. The van der Waals surface area contributed by atoms with E-state index in [1.807, 2.05) is 6.92 Å². The molecular weight excluding hydrogens is 837 g/mol. The minimum atomic E-state index is -2.50. The first-order valence-electron chi connectivity index (χ1n) is 23.7. The van der Waals surface area contributed by atoms with E-state index in [9.17, 15) is 46.0 Å². The van der Waals surface area contributed by atoms with Crippen LogP contribution in [0.25, 0.3) is 0 Å². The molecule has 17 nitrogen and oxygen atoms in total. The van der Waals surface area contributed by atoms with Crippen molar-refractivity contribution in [3.05, 3.63) is 11.6 Å². The van der Waals surface area contributed by atoms with Crippen molar-refractivity contribution in [1.29, 1.82) is 0 Å². The molecule has 9 N–H and O–H groups in total. The Hall–Kier alpha value is -0.940. The molecule has 9 rings (SSSR count). The normalized spacial score (nSPS) is 58.8. The Morgan fingerprint density at radius 1 is 0.781 bits per heavy atom. The fourth-order valence-corrected chi connectivity index (χ4v) is 16.8. The second kappa shape index (κ2) is 16.1. The van der Waals surface area contributed by atoms with Crippen LogP contribution in [0.5, 0.6) is 0 Å². The van der Waals surface area contributed by atoms with Gasteiger partial charge >= 0.3 is 0 Å². The number of rotatable bonds is 8. The minimum Gasteiger partial charge on any atom is -0.394 e. The molecule has 0 amide bonds. The number of ether oxygens (including phenoxy) is 8. The van der Waals surface area contributed by atoms with Crippen molar-refractivity contribution in [2.24, 2.45) is 51.2 Å². The Morgan fingerprint density at radius 3 is 2.14 bits per heavy atom. The lowest BCUT2D eigenvalue weighted by molar-refractivity contribution is -0.378. The second-order valence-electron chi connectivity index (χ2n) is 23.3. The van der Waals surface area contributed by atoms with Crippen LogP contribution in [0.4, 0.5) is 0 Å². The van der Waals surface area contributed by atoms with Crippen LogP contribution in [0.1, 0.15) is 100 Å². The fourth-order valence-electron chi connectivity index (χ4n) is 16.8. The Balaban J connectivity index is 0.988. The number of methoxy groups -OCH3 is 1. The molecule has 366 valence electrons. The van der Waals surface area contributed by atoms with E-state index >= 15 is 0 Å². The average molecular weight is 913 g/mol. The molecule has 0 radical (unpaired) electrons. The smallest absolute Gasteiger partial charge is 0.190 e. The fraction of sp³-hybridized carbons (Fsp3) is 0.957. The van der Waals surface area contributed by atoms with Gasteiger partial charge in [-0.15, -0.1) is 0 Å². The lowest BCUT2D eigenvalue weighted by Gasteiger charge is -2.72. The Morgan fingerprint density at radius 2 is 1.48 bits per heavy atom. The van der Waals surface area contributed by atoms with E-state index in [-0.39, 0.29) is 51.4 Å². The van der Waals surface area contributed by atoms with Gasteiger partial charge in [0.2, 0.25) is 0 Å². The van der Waals surface area contributed by atoms with Gasteiger partial charge in [-0.25, -0.2) is 0 Å². The summed E-state index contributed by atoms with van der Waals surface area (Å²) in [5.41, 5.74) is -2.92. The first kappa shape index (κ1) is 48.1. The molecule has 0 aromatic carbocycles. The summed E-state index contributed by atoms with van der Waals surface area (Å²) < 4.78 is 49.7. The Kier molecular flexibility index (Phi) is 12.1. The molecule has 25 atom stereocenters. The molecule has 5 aliphatic heterocycles. The quantitative estimate of drug-likeness (QED) is 0.121. The highest BCUT2D eigenvalue weighted by Gasteiger charge is 2.81. The molecule has 25 unspecified atom stereocenters. The van der Waals surface area contributed by atoms with E-state index in [0.29, 0.717) is 25.4 Å². The molecular formula is C47H76O17. The zero-order valence-electron chi connectivity index (χ0n) is 38.9. The minimum absolute atomic E-state index is 0.0413. The first-order valence-corrected chi connectivity index (χ1v) is 23.7. The molecule has 5 saturated heterocycles. The topological polar surface area (TPSA) is 256 Å². The van der Waals surface area contributed by atoms with Gasteiger partial charge in [-0.2, -0.15) is 0 Å². The van der Waals surface area contributed by atoms with Crippen molar-refractivity contribution >= 4 is 0 Å². The maximum absolute atomic E-state index is 12.3. The number of hydrogen-bond acceptors (Lipinski definition) is 17. The summed E-state index contributed by atoms with van der Waals surface area (Å²) in [6.07, 6.45) is -12.5. The van der Waals surface area contributed by atoms with Crippen molar-refractivity contribution in [2.75, 3.05) is 26.9 Å². The van der Waals surface area contributed by atoms with Crippen LogP contribution >= 0.6 is 0 Å². The molecule has 4 saturated carbocycles. The zero-order valence-corrected chi connectivity index (χ0v) is 38.9. The van der Waals surface area contributed by atoms with Crippen LogP contribution in [0, 0.1) is 51.2 Å². The molecule has 4 aliphatic carbocycles. The van der Waals surface area contributed by atoms with Crippen LogP contribution in [-0.2, 0) is 37.9 Å². The van der Waals surface area contributed by atoms with Gasteiger partial charge in [0.15, 0.2) is 24.7 Å². The monoisotopic (exact) mass is 913 g/mol. The van der Waals surface area contributed by atoms with E-state index in [4.69, 9.17) is 37.9 Å². The van der Waals surface area contributed by atoms with Gasteiger partial charge < -0.3 is 83.9 Å². The lowest BCUT2D eigenvalue weighted by Crippen LogP contribution is -2.74. The Labute approximate surface area is 376 Å². The highest BCUT2D eigenvalue weighted by molar-refractivity contribution is 5.27. The summed E-state index contributed by atoms with van der Waals surface area (Å²) >= 11 is 0. The van der Waals surface area contributed by atoms with E-state index < -0.39 is 110 Å². The van der Waals surface area contributed by atoms with Gasteiger partial charge in [-0.1, -0.05) is 46.3 Å². The maximum atomic E-state index is 12.3. The van der Waals surface area contributed by atoms with Crippen molar-refractivity contribution in [2.45, 2.75) is 203 Å². The van der Waals surface area contributed by atoms with Gasteiger partial charge in [0.1, 0.15) is 60.5 Å². The zero-order chi connectivity index (χ0) is 46.5. The van der Waals surface area contributed by atoms with E-state index in [1.54, 1.807) is 0 Å². The number of fused-ring (bicyclic) bond motifs is 4. The number of allylic oxidation sites excluding steroid dienone is 1. The highest BCUT2D eigenvalue weighted by Crippen LogP contribution is 2.81. The van der Waals surface area contributed by atoms with Gasteiger partial charge in [0.25, 0.3) is 0 Å². The molecule has 0 aromatic rings. The second-order valence-corrected chi connectivity index (χ2v) is 23.3. The summed E-state index contributed by atoms with van der Waals surface area (Å²) in [4.78, 5) is 0. The summed E-state index contributed by atoms with van der Waals surface area (Å²) in [6, 6.07) is 0. The molecule has 17 heteroatoms. The van der Waals surface area contributed by atoms with Crippen LogP contribution in [0.2, 0.25) is 0 Å². The number of aliphatic hydroxyl groups excluding tert-OH is 7. The van der Waals surface area contributed by atoms with Gasteiger partial charge in [0, 0.05) is 31.3 Å². The third kappa shape index (κ3) is 6.79. The van der Waals surface area contributed by atoms with Crippen molar-refractivity contribution in [3.63, 3.8) is 0 Å². The molecule has 9 fully saturated rings. The number of aliphatic hydroxyl groups is 9. The summed E-state index contributed by atoms with van der Waals surface area (Å²) in [5, 5.41) is 100. The summed E-state index contributed by atoms with van der Waals surface area (Å²) in [7, 11) is 1.28. The van der Waals surface area contributed by atoms with Gasteiger partial charge in [0.05, 0.1) is 37.6 Å². The first-order chi connectivity index (χ1) is 29.8. The average Bonchev–Trinajstić information content (AvgIpc) is 3.83. The third-order valence-electron chi connectivity index (χ3n) is 18.8. The van der Waals surface area contributed by atoms with E-state index in [2.05, 4.69) is 54.5 Å². The summed E-state index contributed by atoms with van der Waals surface area (Å²) in [5.74, 6) is -0.225. The Bertz CT molecular complexity index is 1770. The molecule has 64 heavy (non-hydrogen) atoms. The van der Waals surface area contributed by atoms with Crippen molar-refractivity contribution in [3.8, 4) is 0 Å². The molecule has 9 aliphatic rings. The molecule has 2 bridgehead atoms. The predicted octanol–water partition coefficient (Wildman–Crippen LogP) is 0.852. The van der Waals surface area contributed by atoms with Gasteiger partial charge in [-0.3, -0.25) is 0 Å². The van der Waals surface area contributed by atoms with Crippen molar-refractivity contribution in [1.82, 2.24) is 0 Å². The van der Waals surface area contributed by atoms with Gasteiger partial charge in [-0.05, 0) is 92.8 Å². The van der Waals surface area contributed by atoms with E-state index in [0.717, 1.165) is 37.7 Å².